The SMILES string of the molecule is CCOC(=O)C1(C[C@H]2CCCCO2)CCN(C(=O)CCc2c(C)noc2C)CC1. The first-order valence-electron chi connectivity index (χ1n) is 10.9. The monoisotopic (exact) mass is 406 g/mol. The van der Waals surface area contributed by atoms with Crippen molar-refractivity contribution in [2.75, 3.05) is 26.3 Å². The van der Waals surface area contributed by atoms with Crippen LogP contribution in [0.3, 0.4) is 0 Å². The lowest BCUT2D eigenvalue weighted by molar-refractivity contribution is -0.164. The van der Waals surface area contributed by atoms with Gasteiger partial charge >= 0.3 is 5.97 Å². The highest BCUT2D eigenvalue weighted by Crippen LogP contribution is 2.40. The highest BCUT2D eigenvalue weighted by atomic mass is 16.5. The van der Waals surface area contributed by atoms with Crippen LogP contribution in [0, 0.1) is 19.3 Å². The number of carbonyl (C=O) groups excluding carboxylic acids is 2. The average Bonchev–Trinajstić information content (AvgIpc) is 3.05. The molecule has 0 N–H and O–H groups in total. The lowest BCUT2D eigenvalue weighted by atomic mass is 9.73. The molecule has 0 aromatic carbocycles. The number of carbonyl (C=O) groups is 2. The van der Waals surface area contributed by atoms with E-state index < -0.39 is 5.41 Å². The van der Waals surface area contributed by atoms with Crippen molar-refractivity contribution in [2.24, 2.45) is 5.41 Å². The Morgan fingerprint density at radius 3 is 2.59 bits per heavy atom. The second kappa shape index (κ2) is 9.74. The number of ether oxygens (including phenoxy) is 2. The first-order valence-corrected chi connectivity index (χ1v) is 10.9. The fourth-order valence-electron chi connectivity index (χ4n) is 4.61. The van der Waals surface area contributed by atoms with E-state index in [-0.39, 0.29) is 18.0 Å². The van der Waals surface area contributed by atoms with E-state index in [1.165, 1.54) is 0 Å². The van der Waals surface area contributed by atoms with Crippen LogP contribution in [-0.2, 0) is 25.5 Å². The second-order valence-electron chi connectivity index (χ2n) is 8.38. The van der Waals surface area contributed by atoms with E-state index in [0.717, 1.165) is 42.9 Å². The van der Waals surface area contributed by atoms with Crippen LogP contribution in [0.2, 0.25) is 0 Å². The number of aromatic nitrogens is 1. The fourth-order valence-corrected chi connectivity index (χ4v) is 4.61. The maximum Gasteiger partial charge on any atom is 0.312 e. The zero-order valence-corrected chi connectivity index (χ0v) is 18.0. The molecular formula is C22H34N2O5. The van der Waals surface area contributed by atoms with Gasteiger partial charge < -0.3 is 18.9 Å². The van der Waals surface area contributed by atoms with Crippen LogP contribution in [0.4, 0.5) is 0 Å². The van der Waals surface area contributed by atoms with Crippen LogP contribution in [-0.4, -0.2) is 54.3 Å². The molecule has 162 valence electrons. The summed E-state index contributed by atoms with van der Waals surface area (Å²) in [6.45, 7) is 7.95. The van der Waals surface area contributed by atoms with E-state index in [4.69, 9.17) is 14.0 Å². The lowest BCUT2D eigenvalue weighted by Crippen LogP contribution is -2.49. The number of hydrogen-bond donors (Lipinski definition) is 0. The molecule has 0 radical (unpaired) electrons. The quantitative estimate of drug-likeness (QED) is 0.646. The van der Waals surface area contributed by atoms with Gasteiger partial charge in [0.1, 0.15) is 5.76 Å². The van der Waals surface area contributed by atoms with Crippen molar-refractivity contribution in [2.45, 2.75) is 78.2 Å². The summed E-state index contributed by atoms with van der Waals surface area (Å²) in [6.07, 6.45) is 6.41. The minimum atomic E-state index is -0.531. The second-order valence-corrected chi connectivity index (χ2v) is 8.38. The zero-order chi connectivity index (χ0) is 20.9. The van der Waals surface area contributed by atoms with Gasteiger partial charge in [0.25, 0.3) is 0 Å². The van der Waals surface area contributed by atoms with Gasteiger partial charge in [-0.15, -0.1) is 0 Å². The van der Waals surface area contributed by atoms with Gasteiger partial charge in [-0.3, -0.25) is 9.59 Å². The highest BCUT2D eigenvalue weighted by Gasteiger charge is 2.45. The van der Waals surface area contributed by atoms with Crippen LogP contribution in [0.5, 0.6) is 0 Å². The molecule has 3 heterocycles. The van der Waals surface area contributed by atoms with Gasteiger partial charge in [0.05, 0.1) is 23.8 Å². The van der Waals surface area contributed by atoms with Gasteiger partial charge in [-0.1, -0.05) is 5.16 Å². The summed E-state index contributed by atoms with van der Waals surface area (Å²) in [5.74, 6) is 0.774. The Hall–Kier alpha value is -1.89. The van der Waals surface area contributed by atoms with Crippen molar-refractivity contribution in [3.63, 3.8) is 0 Å². The molecule has 0 bridgehead atoms. The van der Waals surface area contributed by atoms with Crippen LogP contribution in [0.15, 0.2) is 4.52 Å². The minimum absolute atomic E-state index is 0.120. The smallest absolute Gasteiger partial charge is 0.312 e. The standard InChI is InChI=1S/C22H34N2O5/c1-4-27-21(26)22(15-18-7-5-6-14-28-18)10-12-24(13-11-22)20(25)9-8-19-16(2)23-29-17(19)3/h18H,4-15H2,1-3H3/t18-/m1/s1. The van der Waals surface area contributed by atoms with Gasteiger partial charge in [-0.05, 0) is 65.7 Å². The largest absolute Gasteiger partial charge is 0.466 e. The predicted octanol–water partition coefficient (Wildman–Crippen LogP) is 3.36. The van der Waals surface area contributed by atoms with Crippen LogP contribution < -0.4 is 0 Å². The fraction of sp³-hybridized carbons (Fsp3) is 0.773. The topological polar surface area (TPSA) is 81.9 Å². The molecule has 1 aromatic rings. The van der Waals surface area contributed by atoms with Gasteiger partial charge in [0.2, 0.25) is 5.91 Å². The van der Waals surface area contributed by atoms with Crippen molar-refractivity contribution in [3.8, 4) is 0 Å². The number of nitrogens with zero attached hydrogens (tertiary/aromatic N) is 2. The lowest BCUT2D eigenvalue weighted by Gasteiger charge is -2.42. The Bertz CT molecular complexity index is 681. The molecule has 2 saturated heterocycles. The van der Waals surface area contributed by atoms with Crippen molar-refractivity contribution in [1.82, 2.24) is 10.1 Å². The average molecular weight is 407 g/mol. The summed E-state index contributed by atoms with van der Waals surface area (Å²) < 4.78 is 16.5. The molecule has 3 rings (SSSR count). The van der Waals surface area contributed by atoms with Gasteiger partial charge in [-0.25, -0.2) is 0 Å². The molecule has 1 atom stereocenters. The first kappa shape index (κ1) is 21.8. The summed E-state index contributed by atoms with van der Waals surface area (Å²) in [6, 6.07) is 0. The number of likely N-dealkylation sites (tertiary alicyclic amines) is 1. The van der Waals surface area contributed by atoms with E-state index in [1.54, 1.807) is 0 Å². The third-order valence-electron chi connectivity index (χ3n) is 6.44. The van der Waals surface area contributed by atoms with E-state index in [1.807, 2.05) is 25.7 Å². The maximum atomic E-state index is 12.8. The molecule has 0 spiro atoms. The van der Waals surface area contributed by atoms with E-state index in [2.05, 4.69) is 5.16 Å². The Morgan fingerprint density at radius 2 is 2.00 bits per heavy atom. The molecule has 0 saturated carbocycles. The molecule has 1 amide bonds. The Morgan fingerprint density at radius 1 is 1.24 bits per heavy atom. The molecule has 0 aliphatic carbocycles. The number of aryl methyl sites for hydroxylation is 2. The third kappa shape index (κ3) is 5.18. The summed E-state index contributed by atoms with van der Waals surface area (Å²) in [4.78, 5) is 27.5. The van der Waals surface area contributed by atoms with Crippen molar-refractivity contribution < 1.29 is 23.6 Å². The van der Waals surface area contributed by atoms with Gasteiger partial charge in [0.15, 0.2) is 0 Å². The number of amides is 1. The van der Waals surface area contributed by atoms with E-state index >= 15 is 0 Å². The van der Waals surface area contributed by atoms with Crippen LogP contribution in [0.25, 0.3) is 0 Å². The number of esters is 1. The first-order chi connectivity index (χ1) is 13.9. The zero-order valence-electron chi connectivity index (χ0n) is 18.0. The Balaban J connectivity index is 1.58. The number of rotatable bonds is 7. The summed E-state index contributed by atoms with van der Waals surface area (Å²) in [5, 5.41) is 3.95. The highest BCUT2D eigenvalue weighted by molar-refractivity contribution is 5.79. The summed E-state index contributed by atoms with van der Waals surface area (Å²) in [5.41, 5.74) is 1.34. The van der Waals surface area contributed by atoms with Crippen molar-refractivity contribution >= 4 is 11.9 Å². The number of hydrogen-bond acceptors (Lipinski definition) is 6. The van der Waals surface area contributed by atoms with Gasteiger partial charge in [0, 0.05) is 31.7 Å². The molecule has 1 aromatic heterocycles. The number of piperidine rings is 1. The molecular weight excluding hydrogens is 372 g/mol. The molecule has 7 heteroatoms. The van der Waals surface area contributed by atoms with Crippen molar-refractivity contribution in [3.05, 3.63) is 17.0 Å². The summed E-state index contributed by atoms with van der Waals surface area (Å²) >= 11 is 0. The van der Waals surface area contributed by atoms with Crippen LogP contribution in [0.1, 0.15) is 68.9 Å². The molecule has 2 fully saturated rings. The van der Waals surface area contributed by atoms with E-state index in [9.17, 15) is 9.59 Å². The molecule has 29 heavy (non-hydrogen) atoms. The van der Waals surface area contributed by atoms with Crippen LogP contribution >= 0.6 is 0 Å². The predicted molar refractivity (Wildman–Crippen MR) is 107 cm³/mol. The minimum Gasteiger partial charge on any atom is -0.466 e. The Kier molecular flexibility index (Phi) is 7.33. The normalized spacial score (nSPS) is 21.8. The van der Waals surface area contributed by atoms with Crippen molar-refractivity contribution in [1.29, 1.82) is 0 Å². The molecule has 2 aliphatic rings. The molecule has 7 nitrogen and oxygen atoms in total. The third-order valence-corrected chi connectivity index (χ3v) is 6.44. The molecule has 2 aliphatic heterocycles. The Labute approximate surface area is 173 Å². The maximum absolute atomic E-state index is 12.8. The molecule has 0 unspecified atom stereocenters. The van der Waals surface area contributed by atoms with Gasteiger partial charge in [-0.2, -0.15) is 0 Å². The summed E-state index contributed by atoms with van der Waals surface area (Å²) in [7, 11) is 0. The van der Waals surface area contributed by atoms with E-state index in [0.29, 0.717) is 51.8 Å².